The lowest BCUT2D eigenvalue weighted by atomic mass is 10.0. The summed E-state index contributed by atoms with van der Waals surface area (Å²) < 4.78 is 0. The van der Waals surface area contributed by atoms with E-state index in [1.54, 1.807) is 0 Å². The van der Waals surface area contributed by atoms with Crippen LogP contribution in [0.15, 0.2) is 11.8 Å². The van der Waals surface area contributed by atoms with E-state index in [1.807, 2.05) is 4.90 Å². The molecule has 4 nitrogen and oxygen atoms in total. The molecule has 0 saturated carbocycles. The second kappa shape index (κ2) is 3.38. The molecule has 1 aliphatic heterocycles. The van der Waals surface area contributed by atoms with Crippen molar-refractivity contribution in [1.29, 1.82) is 0 Å². The molecule has 2 aliphatic rings. The van der Waals surface area contributed by atoms with Crippen LogP contribution in [0.3, 0.4) is 0 Å². The molecule has 72 valence electrons. The number of hydrogen-bond donors (Lipinski definition) is 2. The lowest BCUT2D eigenvalue weighted by molar-refractivity contribution is -0.138. The molecule has 0 radical (unpaired) electrons. The van der Waals surface area contributed by atoms with Crippen LogP contribution in [-0.2, 0) is 4.79 Å². The molecule has 1 fully saturated rings. The molecule has 1 unspecified atom stereocenters. The van der Waals surface area contributed by atoms with E-state index in [1.165, 1.54) is 12.1 Å². The zero-order chi connectivity index (χ0) is 9.26. The van der Waals surface area contributed by atoms with E-state index in [0.717, 1.165) is 13.0 Å². The highest BCUT2D eigenvalue weighted by Crippen LogP contribution is 2.29. The van der Waals surface area contributed by atoms with Gasteiger partial charge in [0.15, 0.2) is 0 Å². The summed E-state index contributed by atoms with van der Waals surface area (Å²) in [6, 6.07) is 0. The number of nitrogens with one attached hydrogen (secondary N) is 1. The molecule has 4 heteroatoms. The van der Waals surface area contributed by atoms with E-state index in [0.29, 0.717) is 12.6 Å². The zero-order valence-electron chi connectivity index (χ0n) is 7.49. The van der Waals surface area contributed by atoms with Crippen molar-refractivity contribution in [2.75, 3.05) is 19.8 Å². The zero-order valence-corrected chi connectivity index (χ0v) is 7.49. The van der Waals surface area contributed by atoms with Crippen LogP contribution < -0.4 is 5.32 Å². The number of hydrogen-bond acceptors (Lipinski definition) is 3. The Morgan fingerprint density at radius 3 is 3.38 bits per heavy atom. The van der Waals surface area contributed by atoms with Crippen molar-refractivity contribution in [1.82, 2.24) is 10.2 Å². The van der Waals surface area contributed by atoms with Gasteiger partial charge in [0.2, 0.25) is 0 Å². The van der Waals surface area contributed by atoms with E-state index >= 15 is 0 Å². The molecule has 0 bridgehead atoms. The number of fused-ring (bicyclic) bond motifs is 1. The summed E-state index contributed by atoms with van der Waals surface area (Å²) in [4.78, 5) is 12.5. The highest BCUT2D eigenvalue weighted by atomic mass is 16.4. The first-order valence-corrected chi connectivity index (χ1v) is 4.65. The fourth-order valence-corrected chi connectivity index (χ4v) is 2.12. The molecule has 1 heterocycles. The standard InChI is InChI=1S/C9H14N2O2/c12-9(13)5-11-6-10-4-7-2-1-3-8(7)11/h3,7,10H,1-2,4-6H2,(H,12,13). The summed E-state index contributed by atoms with van der Waals surface area (Å²) in [5, 5.41) is 11.9. The minimum atomic E-state index is -0.754. The summed E-state index contributed by atoms with van der Waals surface area (Å²) >= 11 is 0. The average Bonchev–Trinajstić information content (AvgIpc) is 2.51. The van der Waals surface area contributed by atoms with Crippen molar-refractivity contribution < 1.29 is 9.90 Å². The van der Waals surface area contributed by atoms with Crippen LogP contribution in [0.4, 0.5) is 0 Å². The maximum absolute atomic E-state index is 10.6. The first-order valence-electron chi connectivity index (χ1n) is 4.65. The molecule has 2 rings (SSSR count). The lowest BCUT2D eigenvalue weighted by Gasteiger charge is -2.34. The van der Waals surface area contributed by atoms with Crippen LogP contribution >= 0.6 is 0 Å². The molecular formula is C9H14N2O2. The highest BCUT2D eigenvalue weighted by Gasteiger charge is 2.28. The number of carboxylic acid groups (broad SMARTS) is 1. The second-order valence-corrected chi connectivity index (χ2v) is 3.61. The Morgan fingerprint density at radius 2 is 2.62 bits per heavy atom. The maximum atomic E-state index is 10.6. The van der Waals surface area contributed by atoms with Crippen molar-refractivity contribution in [3.8, 4) is 0 Å². The highest BCUT2D eigenvalue weighted by molar-refractivity contribution is 5.69. The SMILES string of the molecule is O=C(O)CN1CNCC2CCC=C21. The van der Waals surface area contributed by atoms with Gasteiger partial charge in [-0.1, -0.05) is 6.08 Å². The third kappa shape index (κ3) is 1.67. The molecule has 0 aromatic rings. The summed E-state index contributed by atoms with van der Waals surface area (Å²) in [7, 11) is 0. The van der Waals surface area contributed by atoms with Crippen LogP contribution in [0, 0.1) is 5.92 Å². The predicted molar refractivity (Wildman–Crippen MR) is 48.0 cm³/mol. The molecule has 0 spiro atoms. The number of nitrogens with zero attached hydrogens (tertiary/aromatic N) is 1. The Morgan fingerprint density at radius 1 is 1.77 bits per heavy atom. The van der Waals surface area contributed by atoms with Crippen molar-refractivity contribution in [2.24, 2.45) is 5.92 Å². The summed E-state index contributed by atoms with van der Waals surface area (Å²) in [6.45, 7) is 1.80. The van der Waals surface area contributed by atoms with Crippen LogP contribution in [0.1, 0.15) is 12.8 Å². The third-order valence-corrected chi connectivity index (χ3v) is 2.67. The fraction of sp³-hybridized carbons (Fsp3) is 0.667. The van der Waals surface area contributed by atoms with Crippen LogP contribution in [-0.4, -0.2) is 35.7 Å². The van der Waals surface area contributed by atoms with Gasteiger partial charge in [-0.15, -0.1) is 0 Å². The van der Waals surface area contributed by atoms with Gasteiger partial charge >= 0.3 is 5.97 Å². The van der Waals surface area contributed by atoms with E-state index in [4.69, 9.17) is 5.11 Å². The van der Waals surface area contributed by atoms with E-state index in [9.17, 15) is 4.79 Å². The molecule has 0 aromatic heterocycles. The van der Waals surface area contributed by atoms with Crippen molar-refractivity contribution in [3.63, 3.8) is 0 Å². The molecule has 0 aromatic carbocycles. The fourth-order valence-electron chi connectivity index (χ4n) is 2.12. The minimum absolute atomic E-state index is 0.120. The van der Waals surface area contributed by atoms with E-state index in [2.05, 4.69) is 11.4 Å². The van der Waals surface area contributed by atoms with Crippen molar-refractivity contribution in [3.05, 3.63) is 11.8 Å². The Labute approximate surface area is 77.2 Å². The Kier molecular flexibility index (Phi) is 2.22. The quantitative estimate of drug-likeness (QED) is 0.641. The third-order valence-electron chi connectivity index (χ3n) is 2.67. The van der Waals surface area contributed by atoms with Gasteiger partial charge in [0.1, 0.15) is 6.54 Å². The first-order chi connectivity index (χ1) is 6.27. The predicted octanol–water partition coefficient (Wildman–Crippen LogP) is 0.228. The molecule has 0 amide bonds. The van der Waals surface area contributed by atoms with Crippen LogP contribution in [0.5, 0.6) is 0 Å². The van der Waals surface area contributed by atoms with Gasteiger partial charge in [0.25, 0.3) is 0 Å². The number of rotatable bonds is 2. The van der Waals surface area contributed by atoms with Gasteiger partial charge in [-0.2, -0.15) is 0 Å². The van der Waals surface area contributed by atoms with Crippen molar-refractivity contribution in [2.45, 2.75) is 12.8 Å². The molecule has 1 aliphatic carbocycles. The number of aliphatic carboxylic acids is 1. The van der Waals surface area contributed by atoms with Gasteiger partial charge in [-0.3, -0.25) is 10.1 Å². The monoisotopic (exact) mass is 182 g/mol. The number of carbonyl (C=O) groups is 1. The maximum Gasteiger partial charge on any atom is 0.323 e. The Bertz CT molecular complexity index is 250. The molecule has 1 atom stereocenters. The largest absolute Gasteiger partial charge is 0.480 e. The van der Waals surface area contributed by atoms with Crippen LogP contribution in [0.25, 0.3) is 0 Å². The first kappa shape index (κ1) is 8.56. The number of carboxylic acids is 1. The lowest BCUT2D eigenvalue weighted by Crippen LogP contribution is -2.46. The topological polar surface area (TPSA) is 52.6 Å². The summed E-state index contributed by atoms with van der Waals surface area (Å²) in [6.07, 6.45) is 4.44. The molecule has 2 N–H and O–H groups in total. The van der Waals surface area contributed by atoms with Gasteiger partial charge < -0.3 is 10.0 Å². The Hall–Kier alpha value is -1.03. The molecule has 13 heavy (non-hydrogen) atoms. The van der Waals surface area contributed by atoms with Gasteiger partial charge in [-0.05, 0) is 12.8 Å². The average molecular weight is 182 g/mol. The molecular weight excluding hydrogens is 168 g/mol. The number of allylic oxidation sites excluding steroid dienone is 1. The minimum Gasteiger partial charge on any atom is -0.480 e. The normalized spacial score (nSPS) is 26.9. The van der Waals surface area contributed by atoms with Crippen LogP contribution in [0.2, 0.25) is 0 Å². The molecule has 1 saturated heterocycles. The van der Waals surface area contributed by atoms with Gasteiger partial charge in [0.05, 0.1) is 6.67 Å². The summed E-state index contributed by atoms with van der Waals surface area (Å²) in [5.74, 6) is -0.205. The summed E-state index contributed by atoms with van der Waals surface area (Å²) in [5.41, 5.74) is 1.24. The van der Waals surface area contributed by atoms with Gasteiger partial charge in [-0.25, -0.2) is 0 Å². The van der Waals surface area contributed by atoms with Gasteiger partial charge in [0, 0.05) is 18.2 Å². The Balaban J connectivity index is 2.05. The smallest absolute Gasteiger partial charge is 0.323 e. The van der Waals surface area contributed by atoms with Crippen molar-refractivity contribution >= 4 is 5.97 Å². The van der Waals surface area contributed by atoms with E-state index < -0.39 is 5.97 Å². The van der Waals surface area contributed by atoms with E-state index in [-0.39, 0.29) is 6.54 Å². The second-order valence-electron chi connectivity index (χ2n) is 3.61.